The van der Waals surface area contributed by atoms with Crippen molar-refractivity contribution in [1.29, 1.82) is 0 Å². The molecule has 10 rings (SSSR count). The van der Waals surface area contributed by atoms with E-state index in [2.05, 4.69) is 168 Å². The highest BCUT2D eigenvalue weighted by molar-refractivity contribution is 6.38. The summed E-state index contributed by atoms with van der Waals surface area (Å²) in [5.41, 5.74) is 6.21. The van der Waals surface area contributed by atoms with Crippen molar-refractivity contribution in [2.24, 2.45) is 0 Å². The number of nitrogens with zero attached hydrogens (tertiary/aromatic N) is 1. The molecule has 1 nitrogen and oxygen atoms in total. The standard InChI is InChI=1S/C44H27N/c1-2-14-28(15-3-1)38-27-39-33-20-8-11-23-36(33)44-43(42(39)35-22-10-7-19-32(35)38)37-24-12-13-25-40(37)45(44)41-26-29-16-4-5-17-30(29)31-18-6-9-21-34(31)41/h1-27H. The van der Waals surface area contributed by atoms with Crippen LogP contribution in [-0.2, 0) is 0 Å². The van der Waals surface area contributed by atoms with Crippen LogP contribution < -0.4 is 0 Å². The van der Waals surface area contributed by atoms with Crippen LogP contribution in [0.15, 0.2) is 164 Å². The summed E-state index contributed by atoms with van der Waals surface area (Å²) in [6.45, 7) is 0. The maximum atomic E-state index is 2.54. The number of fused-ring (bicyclic) bond motifs is 13. The average molecular weight is 570 g/mol. The lowest BCUT2D eigenvalue weighted by Gasteiger charge is -2.17. The molecular weight excluding hydrogens is 542 g/mol. The molecular formula is C44H27N. The van der Waals surface area contributed by atoms with Crippen LogP contribution in [0.4, 0.5) is 0 Å². The molecule has 1 heteroatoms. The Kier molecular flexibility index (Phi) is 5.06. The first-order valence-corrected chi connectivity index (χ1v) is 15.6. The smallest absolute Gasteiger partial charge is 0.0626 e. The molecule has 1 aromatic heterocycles. The van der Waals surface area contributed by atoms with Crippen LogP contribution in [-0.4, -0.2) is 4.57 Å². The third kappa shape index (κ3) is 3.38. The van der Waals surface area contributed by atoms with Crippen LogP contribution in [0, 0.1) is 0 Å². The van der Waals surface area contributed by atoms with Gasteiger partial charge in [-0.25, -0.2) is 0 Å². The molecule has 208 valence electrons. The second-order valence-corrected chi connectivity index (χ2v) is 12.0. The Morgan fingerprint density at radius 1 is 0.333 bits per heavy atom. The Labute approximate surface area is 260 Å². The first-order chi connectivity index (χ1) is 22.4. The topological polar surface area (TPSA) is 4.93 Å². The summed E-state index contributed by atoms with van der Waals surface area (Å²) in [5, 5.41) is 15.4. The summed E-state index contributed by atoms with van der Waals surface area (Å²) >= 11 is 0. The number of benzene rings is 9. The Balaban J connectivity index is 1.50. The van der Waals surface area contributed by atoms with E-state index in [0.29, 0.717) is 0 Å². The molecule has 0 saturated carbocycles. The molecule has 0 N–H and O–H groups in total. The van der Waals surface area contributed by atoms with Crippen LogP contribution in [0.3, 0.4) is 0 Å². The lowest BCUT2D eigenvalue weighted by molar-refractivity contribution is 1.21. The molecule has 1 heterocycles. The minimum atomic E-state index is 1.21. The fourth-order valence-electron chi connectivity index (χ4n) is 7.86. The second-order valence-electron chi connectivity index (χ2n) is 12.0. The fourth-order valence-corrected chi connectivity index (χ4v) is 7.86. The van der Waals surface area contributed by atoms with E-state index in [4.69, 9.17) is 0 Å². The van der Waals surface area contributed by atoms with Gasteiger partial charge in [-0.3, -0.25) is 0 Å². The monoisotopic (exact) mass is 569 g/mol. The molecule has 0 amide bonds. The van der Waals surface area contributed by atoms with Gasteiger partial charge < -0.3 is 4.57 Å². The van der Waals surface area contributed by atoms with E-state index in [9.17, 15) is 0 Å². The highest BCUT2D eigenvalue weighted by Gasteiger charge is 2.22. The van der Waals surface area contributed by atoms with E-state index >= 15 is 0 Å². The third-order valence-corrected chi connectivity index (χ3v) is 9.71. The minimum absolute atomic E-state index is 1.21. The van der Waals surface area contributed by atoms with Gasteiger partial charge in [0.05, 0.1) is 16.7 Å². The number of aromatic nitrogens is 1. The van der Waals surface area contributed by atoms with E-state index < -0.39 is 0 Å². The van der Waals surface area contributed by atoms with Crippen molar-refractivity contribution in [2.45, 2.75) is 0 Å². The van der Waals surface area contributed by atoms with Crippen molar-refractivity contribution < 1.29 is 0 Å². The summed E-state index contributed by atoms with van der Waals surface area (Å²) < 4.78 is 2.54. The zero-order chi connectivity index (χ0) is 29.5. The molecule has 0 aliphatic rings. The molecule has 0 atom stereocenters. The molecule has 0 spiro atoms. The average Bonchev–Trinajstić information content (AvgIpc) is 3.46. The highest BCUT2D eigenvalue weighted by Crippen LogP contribution is 2.47. The predicted molar refractivity (Wildman–Crippen MR) is 194 cm³/mol. The zero-order valence-electron chi connectivity index (χ0n) is 24.5. The summed E-state index contributed by atoms with van der Waals surface area (Å²) in [5.74, 6) is 0. The summed E-state index contributed by atoms with van der Waals surface area (Å²) in [7, 11) is 0. The molecule has 10 aromatic rings. The number of rotatable bonds is 2. The molecule has 0 saturated heterocycles. The maximum absolute atomic E-state index is 2.54. The van der Waals surface area contributed by atoms with Gasteiger partial charge in [0, 0.05) is 26.9 Å². The van der Waals surface area contributed by atoms with E-state index in [1.54, 1.807) is 0 Å². The minimum Gasteiger partial charge on any atom is -0.308 e. The molecule has 45 heavy (non-hydrogen) atoms. The van der Waals surface area contributed by atoms with Gasteiger partial charge in [0.15, 0.2) is 0 Å². The van der Waals surface area contributed by atoms with E-state index in [-0.39, 0.29) is 0 Å². The van der Waals surface area contributed by atoms with E-state index in [0.717, 1.165) is 0 Å². The van der Waals surface area contributed by atoms with Crippen molar-refractivity contribution in [1.82, 2.24) is 4.57 Å². The molecule has 0 fully saturated rings. The first kappa shape index (κ1) is 24.5. The molecule has 0 aliphatic carbocycles. The van der Waals surface area contributed by atoms with Crippen LogP contribution in [0.25, 0.3) is 92.5 Å². The Hall–Kier alpha value is -5.92. The predicted octanol–water partition coefficient (Wildman–Crippen LogP) is 12.2. The maximum Gasteiger partial charge on any atom is 0.0626 e. The summed E-state index contributed by atoms with van der Waals surface area (Å²) in [4.78, 5) is 0. The molecule has 0 radical (unpaired) electrons. The zero-order valence-corrected chi connectivity index (χ0v) is 24.5. The lowest BCUT2D eigenvalue weighted by Crippen LogP contribution is -1.97. The lowest BCUT2D eigenvalue weighted by atomic mass is 9.88. The third-order valence-electron chi connectivity index (χ3n) is 9.71. The quantitative estimate of drug-likeness (QED) is 0.183. The Morgan fingerprint density at radius 3 is 1.67 bits per heavy atom. The van der Waals surface area contributed by atoms with Gasteiger partial charge in [0.25, 0.3) is 0 Å². The van der Waals surface area contributed by atoms with Gasteiger partial charge in [0.1, 0.15) is 0 Å². The van der Waals surface area contributed by atoms with Gasteiger partial charge >= 0.3 is 0 Å². The van der Waals surface area contributed by atoms with E-state index in [1.807, 2.05) is 0 Å². The summed E-state index contributed by atoms with van der Waals surface area (Å²) in [6.07, 6.45) is 0. The van der Waals surface area contributed by atoms with E-state index in [1.165, 1.54) is 92.5 Å². The van der Waals surface area contributed by atoms with Crippen LogP contribution >= 0.6 is 0 Å². The molecule has 0 unspecified atom stereocenters. The number of hydrogen-bond acceptors (Lipinski definition) is 0. The van der Waals surface area contributed by atoms with Gasteiger partial charge in [-0.15, -0.1) is 0 Å². The van der Waals surface area contributed by atoms with Crippen molar-refractivity contribution in [2.75, 3.05) is 0 Å². The SMILES string of the molecule is c1ccc(-c2cc3c4ccccc4c4c(c5ccccc5n4-c4cc5ccccc5c5ccccc45)c3c3ccccc23)cc1. The molecule has 0 aliphatic heterocycles. The van der Waals surface area contributed by atoms with Gasteiger partial charge in [-0.2, -0.15) is 0 Å². The second kappa shape index (κ2) is 9.29. The van der Waals surface area contributed by atoms with Crippen LogP contribution in [0.2, 0.25) is 0 Å². The number of hydrogen-bond donors (Lipinski definition) is 0. The van der Waals surface area contributed by atoms with Crippen molar-refractivity contribution >= 4 is 75.7 Å². The largest absolute Gasteiger partial charge is 0.308 e. The van der Waals surface area contributed by atoms with Gasteiger partial charge in [-0.1, -0.05) is 146 Å². The Bertz CT molecular complexity index is 2800. The van der Waals surface area contributed by atoms with Gasteiger partial charge in [-0.05, 0) is 67.0 Å². The highest BCUT2D eigenvalue weighted by atomic mass is 15.0. The summed E-state index contributed by atoms with van der Waals surface area (Å²) in [6, 6.07) is 60.2. The van der Waals surface area contributed by atoms with Crippen molar-refractivity contribution in [3.63, 3.8) is 0 Å². The molecule has 9 aromatic carbocycles. The van der Waals surface area contributed by atoms with Crippen molar-refractivity contribution in [3.05, 3.63) is 164 Å². The first-order valence-electron chi connectivity index (χ1n) is 15.6. The molecule has 0 bridgehead atoms. The Morgan fingerprint density at radius 2 is 0.889 bits per heavy atom. The normalized spacial score (nSPS) is 12.0. The fraction of sp³-hybridized carbons (Fsp3) is 0. The van der Waals surface area contributed by atoms with Crippen molar-refractivity contribution in [3.8, 4) is 16.8 Å². The number of para-hydroxylation sites is 1. The van der Waals surface area contributed by atoms with Gasteiger partial charge in [0.2, 0.25) is 0 Å². The van der Waals surface area contributed by atoms with Crippen LogP contribution in [0.1, 0.15) is 0 Å². The van der Waals surface area contributed by atoms with Crippen LogP contribution in [0.5, 0.6) is 0 Å².